The number of aryl methyl sites for hydroxylation is 2. The van der Waals surface area contributed by atoms with Crippen LogP contribution in [0.4, 0.5) is 4.39 Å². The number of carbonyl (C=O) groups excluding carboxylic acids is 1. The van der Waals surface area contributed by atoms with Crippen molar-refractivity contribution in [2.75, 3.05) is 0 Å². The van der Waals surface area contributed by atoms with E-state index in [1.54, 1.807) is 13.0 Å². The molecule has 0 unspecified atom stereocenters. The molecular weight excluding hydrogens is 279 g/mol. The zero-order valence-corrected chi connectivity index (χ0v) is 12.4. The van der Waals surface area contributed by atoms with Crippen LogP contribution in [0.3, 0.4) is 0 Å². The maximum Gasteiger partial charge on any atom is 0.221 e. The zero-order chi connectivity index (χ0) is 15.7. The molecule has 0 fully saturated rings. The summed E-state index contributed by atoms with van der Waals surface area (Å²) in [6.07, 6.45) is 3.22. The molecule has 0 bridgehead atoms. The van der Waals surface area contributed by atoms with Crippen LogP contribution >= 0.6 is 0 Å². The maximum atomic E-state index is 13.3. The molecule has 1 heterocycles. The summed E-state index contributed by atoms with van der Waals surface area (Å²) in [6, 6.07) is 12.1. The van der Waals surface area contributed by atoms with E-state index in [1.807, 2.05) is 31.2 Å². The van der Waals surface area contributed by atoms with Crippen LogP contribution < -0.4 is 0 Å². The Balaban J connectivity index is 1.92. The summed E-state index contributed by atoms with van der Waals surface area (Å²) in [6.45, 7) is 3.77. The minimum absolute atomic E-state index is 0.227. The van der Waals surface area contributed by atoms with Gasteiger partial charge in [0.1, 0.15) is 11.4 Å². The van der Waals surface area contributed by atoms with Crippen LogP contribution in [0.1, 0.15) is 27.2 Å². The quantitative estimate of drug-likeness (QED) is 0.498. The Labute approximate surface area is 127 Å². The Morgan fingerprint density at radius 1 is 1.09 bits per heavy atom. The molecule has 0 N–H and O–H groups in total. The fraction of sp³-hybridized carbons (Fsp3) is 0.105. The highest BCUT2D eigenvalue weighted by atomic mass is 19.1. The van der Waals surface area contributed by atoms with Gasteiger partial charge >= 0.3 is 0 Å². The largest absolute Gasteiger partial charge is 0.452 e. The van der Waals surface area contributed by atoms with E-state index in [1.165, 1.54) is 29.8 Å². The molecule has 0 aliphatic rings. The number of carbonyl (C=O) groups is 1. The first-order valence-corrected chi connectivity index (χ1v) is 7.02. The third-order valence-electron chi connectivity index (χ3n) is 3.63. The number of benzene rings is 2. The summed E-state index contributed by atoms with van der Waals surface area (Å²) >= 11 is 0. The van der Waals surface area contributed by atoms with Crippen molar-refractivity contribution >= 4 is 22.8 Å². The molecule has 0 saturated carbocycles. The molecule has 110 valence electrons. The summed E-state index contributed by atoms with van der Waals surface area (Å²) in [5.41, 5.74) is 3.29. The summed E-state index contributed by atoms with van der Waals surface area (Å²) in [4.78, 5) is 12.3. The Morgan fingerprint density at radius 2 is 1.82 bits per heavy atom. The Hall–Kier alpha value is -2.68. The zero-order valence-electron chi connectivity index (χ0n) is 12.4. The van der Waals surface area contributed by atoms with Crippen molar-refractivity contribution in [3.05, 3.63) is 76.8 Å². The highest BCUT2D eigenvalue weighted by molar-refractivity contribution is 6.08. The minimum Gasteiger partial charge on any atom is -0.452 e. The normalized spacial score (nSPS) is 11.4. The third-order valence-corrected chi connectivity index (χ3v) is 3.63. The highest BCUT2D eigenvalue weighted by Crippen LogP contribution is 2.26. The molecule has 3 rings (SSSR count). The lowest BCUT2D eigenvalue weighted by molar-refractivity contribution is 0.102. The van der Waals surface area contributed by atoms with Gasteiger partial charge in [-0.3, -0.25) is 4.79 Å². The molecule has 1 aromatic heterocycles. The number of fused-ring (bicyclic) bond motifs is 1. The molecule has 0 atom stereocenters. The molecular formula is C19H15FO2. The van der Waals surface area contributed by atoms with E-state index in [-0.39, 0.29) is 17.4 Å². The smallest absolute Gasteiger partial charge is 0.221 e. The maximum absolute atomic E-state index is 13.3. The number of hydrogen-bond donors (Lipinski definition) is 0. The average Bonchev–Trinajstić information content (AvgIpc) is 2.83. The number of furan rings is 1. The van der Waals surface area contributed by atoms with E-state index < -0.39 is 0 Å². The molecule has 3 aromatic rings. The van der Waals surface area contributed by atoms with E-state index >= 15 is 0 Å². The molecule has 2 aromatic carbocycles. The van der Waals surface area contributed by atoms with Gasteiger partial charge in [-0.2, -0.15) is 0 Å². The number of halogens is 1. The molecule has 3 heteroatoms. The molecule has 0 radical (unpaired) electrons. The van der Waals surface area contributed by atoms with Gasteiger partial charge in [-0.1, -0.05) is 35.9 Å². The van der Waals surface area contributed by atoms with Gasteiger partial charge in [0.05, 0.1) is 0 Å². The van der Waals surface area contributed by atoms with E-state index in [0.717, 1.165) is 5.56 Å². The SMILES string of the molecule is Cc1ccc(C=CC(=O)c2oc3ccc(F)cc3c2C)cc1. The van der Waals surface area contributed by atoms with Crippen LogP contribution in [-0.4, -0.2) is 5.78 Å². The number of ketones is 1. The molecule has 0 aliphatic heterocycles. The van der Waals surface area contributed by atoms with Gasteiger partial charge in [-0.25, -0.2) is 4.39 Å². The summed E-state index contributed by atoms with van der Waals surface area (Å²) in [5, 5.41) is 0.632. The second kappa shape index (κ2) is 5.60. The van der Waals surface area contributed by atoms with Crippen molar-refractivity contribution in [2.24, 2.45) is 0 Å². The summed E-state index contributed by atoms with van der Waals surface area (Å²) < 4.78 is 18.8. The predicted molar refractivity (Wildman–Crippen MR) is 85.5 cm³/mol. The minimum atomic E-state index is -0.342. The monoisotopic (exact) mass is 294 g/mol. The number of hydrogen-bond acceptors (Lipinski definition) is 2. The first-order chi connectivity index (χ1) is 10.5. The Morgan fingerprint density at radius 3 is 2.55 bits per heavy atom. The molecule has 0 spiro atoms. The number of rotatable bonds is 3. The van der Waals surface area contributed by atoms with Gasteiger partial charge in [-0.15, -0.1) is 0 Å². The first kappa shape index (κ1) is 14.3. The van der Waals surface area contributed by atoms with Gasteiger partial charge in [-0.05, 0) is 43.7 Å². The van der Waals surface area contributed by atoms with Crippen molar-refractivity contribution in [3.63, 3.8) is 0 Å². The molecule has 0 amide bonds. The Kier molecular flexibility index (Phi) is 3.63. The second-order valence-corrected chi connectivity index (χ2v) is 5.30. The summed E-state index contributed by atoms with van der Waals surface area (Å²) in [7, 11) is 0. The van der Waals surface area contributed by atoms with Crippen LogP contribution in [-0.2, 0) is 0 Å². The van der Waals surface area contributed by atoms with Crippen LogP contribution in [0.2, 0.25) is 0 Å². The lowest BCUT2D eigenvalue weighted by Crippen LogP contribution is -1.93. The van der Waals surface area contributed by atoms with Gasteiger partial charge in [0.2, 0.25) is 5.78 Å². The molecule has 2 nitrogen and oxygen atoms in total. The lowest BCUT2D eigenvalue weighted by Gasteiger charge is -1.95. The van der Waals surface area contributed by atoms with Gasteiger partial charge in [0.25, 0.3) is 0 Å². The van der Waals surface area contributed by atoms with E-state index in [9.17, 15) is 9.18 Å². The first-order valence-electron chi connectivity index (χ1n) is 7.02. The van der Waals surface area contributed by atoms with Crippen molar-refractivity contribution in [2.45, 2.75) is 13.8 Å². The highest BCUT2D eigenvalue weighted by Gasteiger charge is 2.15. The van der Waals surface area contributed by atoms with Crippen LogP contribution in [0, 0.1) is 19.7 Å². The van der Waals surface area contributed by atoms with Gasteiger partial charge < -0.3 is 4.42 Å². The van der Waals surface area contributed by atoms with E-state index in [2.05, 4.69) is 0 Å². The van der Waals surface area contributed by atoms with Crippen molar-refractivity contribution in [3.8, 4) is 0 Å². The summed E-state index contributed by atoms with van der Waals surface area (Å²) in [5.74, 6) is -0.316. The lowest BCUT2D eigenvalue weighted by atomic mass is 10.1. The van der Waals surface area contributed by atoms with E-state index in [0.29, 0.717) is 16.5 Å². The van der Waals surface area contributed by atoms with E-state index in [4.69, 9.17) is 4.42 Å². The fourth-order valence-corrected chi connectivity index (χ4v) is 2.35. The van der Waals surface area contributed by atoms with Crippen LogP contribution in [0.25, 0.3) is 17.0 Å². The second-order valence-electron chi connectivity index (χ2n) is 5.30. The molecule has 0 saturated heterocycles. The standard InChI is InChI=1S/C19H15FO2/c1-12-3-5-14(6-4-12)7-9-17(21)19-13(2)16-11-15(20)8-10-18(16)22-19/h3-11H,1-2H3. The molecule has 22 heavy (non-hydrogen) atoms. The topological polar surface area (TPSA) is 30.2 Å². The Bertz CT molecular complexity index is 870. The van der Waals surface area contributed by atoms with Crippen molar-refractivity contribution in [1.82, 2.24) is 0 Å². The fourth-order valence-electron chi connectivity index (χ4n) is 2.35. The number of allylic oxidation sites excluding steroid dienone is 1. The van der Waals surface area contributed by atoms with Crippen molar-refractivity contribution in [1.29, 1.82) is 0 Å². The van der Waals surface area contributed by atoms with Gasteiger partial charge in [0.15, 0.2) is 5.76 Å². The predicted octanol–water partition coefficient (Wildman–Crippen LogP) is 5.08. The van der Waals surface area contributed by atoms with Crippen LogP contribution in [0.5, 0.6) is 0 Å². The molecule has 0 aliphatic carbocycles. The van der Waals surface area contributed by atoms with Gasteiger partial charge in [0, 0.05) is 10.9 Å². The third kappa shape index (κ3) is 2.70. The van der Waals surface area contributed by atoms with Crippen LogP contribution in [0.15, 0.2) is 53.0 Å². The average molecular weight is 294 g/mol. The van der Waals surface area contributed by atoms with Crippen molar-refractivity contribution < 1.29 is 13.6 Å².